The van der Waals surface area contributed by atoms with Crippen molar-refractivity contribution in [1.29, 1.82) is 0 Å². The van der Waals surface area contributed by atoms with Gasteiger partial charge in [0.2, 0.25) is 5.91 Å². The molecule has 2 heterocycles. The largest absolute Gasteiger partial charge is 0.299 e. The van der Waals surface area contributed by atoms with Gasteiger partial charge in [0, 0.05) is 24.1 Å². The number of hydrogen-bond acceptors (Lipinski definition) is 6. The summed E-state index contributed by atoms with van der Waals surface area (Å²) in [5.74, 6) is -0.407. The second-order valence-corrected chi connectivity index (χ2v) is 6.06. The predicted molar refractivity (Wildman–Crippen MR) is 95.7 cm³/mol. The molecule has 0 saturated heterocycles. The molecule has 1 N–H and O–H groups in total. The molecule has 0 fully saturated rings. The molecule has 0 saturated carbocycles. The quantitative estimate of drug-likeness (QED) is 0.560. The summed E-state index contributed by atoms with van der Waals surface area (Å²) in [4.78, 5) is 35.5. The number of carbonyl (C=O) groups is 1. The van der Waals surface area contributed by atoms with Crippen LogP contribution in [-0.4, -0.2) is 25.7 Å². The number of benzene rings is 2. The number of rotatable bonds is 3. The molecule has 134 valence electrons. The van der Waals surface area contributed by atoms with Crippen molar-refractivity contribution >= 4 is 11.6 Å². The normalized spacial score (nSPS) is 15.7. The number of nitrogens with zero attached hydrogens (tertiary/aromatic N) is 4. The second kappa shape index (κ2) is 6.45. The van der Waals surface area contributed by atoms with E-state index in [2.05, 4.69) is 15.6 Å². The van der Waals surface area contributed by atoms with Crippen molar-refractivity contribution in [2.75, 3.05) is 5.43 Å². The first-order chi connectivity index (χ1) is 13.0. The molecule has 9 nitrogen and oxygen atoms in total. The van der Waals surface area contributed by atoms with Crippen LogP contribution in [0.25, 0.3) is 11.3 Å². The molecular weight excluding hydrogens is 350 g/mol. The molecule has 1 aliphatic heterocycles. The first-order valence-electron chi connectivity index (χ1n) is 8.14. The fourth-order valence-electron chi connectivity index (χ4n) is 3.08. The SMILES string of the molecule is O=C1CC(c2ccccc2)c2nnc(-c3cccc([N+](=O)[O-])c3)c(=O)n2N1. The summed E-state index contributed by atoms with van der Waals surface area (Å²) in [5.41, 5.74) is 2.78. The minimum Gasteiger partial charge on any atom is -0.273 e. The van der Waals surface area contributed by atoms with Crippen LogP contribution in [0.3, 0.4) is 0 Å². The molecule has 27 heavy (non-hydrogen) atoms. The van der Waals surface area contributed by atoms with E-state index in [1.165, 1.54) is 24.3 Å². The molecule has 4 rings (SSSR count). The zero-order valence-electron chi connectivity index (χ0n) is 13.9. The second-order valence-electron chi connectivity index (χ2n) is 6.06. The molecular formula is C18H13N5O4. The lowest BCUT2D eigenvalue weighted by Gasteiger charge is -2.25. The van der Waals surface area contributed by atoms with E-state index in [0.717, 1.165) is 10.2 Å². The van der Waals surface area contributed by atoms with Gasteiger partial charge in [0.15, 0.2) is 11.5 Å². The Morgan fingerprint density at radius 2 is 1.85 bits per heavy atom. The van der Waals surface area contributed by atoms with Crippen LogP contribution in [0.15, 0.2) is 59.4 Å². The Hall–Kier alpha value is -3.88. The average Bonchev–Trinajstić information content (AvgIpc) is 2.69. The van der Waals surface area contributed by atoms with Crippen molar-refractivity contribution in [2.24, 2.45) is 0 Å². The van der Waals surface area contributed by atoms with Gasteiger partial charge in [-0.15, -0.1) is 10.2 Å². The van der Waals surface area contributed by atoms with Gasteiger partial charge in [0.25, 0.3) is 11.2 Å². The van der Waals surface area contributed by atoms with Crippen molar-refractivity contribution in [3.05, 3.63) is 86.5 Å². The molecule has 2 aromatic carbocycles. The number of aromatic nitrogens is 3. The van der Waals surface area contributed by atoms with Gasteiger partial charge in [-0.2, -0.15) is 4.68 Å². The standard InChI is InChI=1S/C18H13N5O4/c24-15-10-14(11-5-2-1-3-6-11)17-20-19-16(18(25)22(17)21-15)12-7-4-8-13(9-12)23(26)27/h1-9,14H,10H2,(H,21,24). The van der Waals surface area contributed by atoms with Crippen LogP contribution in [-0.2, 0) is 4.79 Å². The zero-order chi connectivity index (χ0) is 19.0. The lowest BCUT2D eigenvalue weighted by molar-refractivity contribution is -0.384. The van der Waals surface area contributed by atoms with E-state index in [1.54, 1.807) is 0 Å². The van der Waals surface area contributed by atoms with Gasteiger partial charge in [-0.25, -0.2) is 0 Å². The molecule has 0 radical (unpaired) electrons. The lowest BCUT2D eigenvalue weighted by Crippen LogP contribution is -2.43. The summed E-state index contributed by atoms with van der Waals surface area (Å²) >= 11 is 0. The first kappa shape index (κ1) is 16.6. The summed E-state index contributed by atoms with van der Waals surface area (Å²) in [6.45, 7) is 0. The number of carbonyl (C=O) groups excluding carboxylic acids is 1. The molecule has 1 atom stereocenters. The summed E-state index contributed by atoms with van der Waals surface area (Å²) in [6.07, 6.45) is 0.147. The van der Waals surface area contributed by atoms with Crippen LogP contribution in [0.1, 0.15) is 23.7 Å². The van der Waals surface area contributed by atoms with Crippen molar-refractivity contribution < 1.29 is 9.72 Å². The monoisotopic (exact) mass is 363 g/mol. The van der Waals surface area contributed by atoms with E-state index >= 15 is 0 Å². The first-order valence-corrected chi connectivity index (χ1v) is 8.14. The molecule has 0 spiro atoms. The maximum Gasteiger partial charge on any atom is 0.299 e. The highest BCUT2D eigenvalue weighted by Crippen LogP contribution is 2.28. The van der Waals surface area contributed by atoms with Gasteiger partial charge in [-0.05, 0) is 5.56 Å². The zero-order valence-corrected chi connectivity index (χ0v) is 13.9. The molecule has 0 bridgehead atoms. The minimum atomic E-state index is -0.588. The third-order valence-corrected chi connectivity index (χ3v) is 4.36. The molecule has 1 aliphatic rings. The number of fused-ring (bicyclic) bond motifs is 1. The molecule has 1 amide bonds. The van der Waals surface area contributed by atoms with Gasteiger partial charge in [0.1, 0.15) is 0 Å². The summed E-state index contributed by atoms with van der Waals surface area (Å²) in [7, 11) is 0. The summed E-state index contributed by atoms with van der Waals surface area (Å²) < 4.78 is 1.07. The topological polar surface area (TPSA) is 120 Å². The predicted octanol–water partition coefficient (Wildman–Crippen LogP) is 1.82. The number of nitro groups is 1. The number of nitro benzene ring substituents is 1. The van der Waals surface area contributed by atoms with E-state index in [4.69, 9.17) is 0 Å². The lowest BCUT2D eigenvalue weighted by atomic mass is 9.93. The molecule has 1 aromatic heterocycles. The van der Waals surface area contributed by atoms with Gasteiger partial charge in [-0.3, -0.25) is 25.1 Å². The Morgan fingerprint density at radius 3 is 2.59 bits per heavy atom. The van der Waals surface area contributed by atoms with Crippen molar-refractivity contribution in [3.8, 4) is 11.3 Å². The van der Waals surface area contributed by atoms with Crippen LogP contribution in [0.5, 0.6) is 0 Å². The van der Waals surface area contributed by atoms with Gasteiger partial charge in [0.05, 0.1) is 10.8 Å². The van der Waals surface area contributed by atoms with Gasteiger partial charge < -0.3 is 0 Å². The fourth-order valence-corrected chi connectivity index (χ4v) is 3.08. The highest BCUT2D eigenvalue weighted by atomic mass is 16.6. The molecule has 3 aromatic rings. The number of amides is 1. The Balaban J connectivity index is 1.85. The minimum absolute atomic E-state index is 0.0727. The van der Waals surface area contributed by atoms with Crippen molar-refractivity contribution in [1.82, 2.24) is 14.9 Å². The Kier molecular flexibility index (Phi) is 3.96. The smallest absolute Gasteiger partial charge is 0.273 e. The Morgan fingerprint density at radius 1 is 1.07 bits per heavy atom. The van der Waals surface area contributed by atoms with Gasteiger partial charge in [-0.1, -0.05) is 42.5 Å². The van der Waals surface area contributed by atoms with Crippen LogP contribution in [0, 0.1) is 10.1 Å². The van der Waals surface area contributed by atoms with Crippen LogP contribution in [0.4, 0.5) is 5.69 Å². The van der Waals surface area contributed by atoms with Crippen LogP contribution >= 0.6 is 0 Å². The number of hydrogen-bond donors (Lipinski definition) is 1. The van der Waals surface area contributed by atoms with E-state index in [0.29, 0.717) is 5.82 Å². The number of nitrogens with one attached hydrogen (secondary N) is 1. The Labute approximate surface area is 152 Å². The van der Waals surface area contributed by atoms with E-state index in [-0.39, 0.29) is 29.3 Å². The van der Waals surface area contributed by atoms with Crippen LogP contribution < -0.4 is 11.0 Å². The number of non-ortho nitro benzene ring substituents is 1. The van der Waals surface area contributed by atoms with Gasteiger partial charge >= 0.3 is 0 Å². The Bertz CT molecular complexity index is 1110. The molecule has 9 heteroatoms. The van der Waals surface area contributed by atoms with Crippen molar-refractivity contribution in [2.45, 2.75) is 12.3 Å². The highest BCUT2D eigenvalue weighted by Gasteiger charge is 2.30. The summed E-state index contributed by atoms with van der Waals surface area (Å²) in [6, 6.07) is 14.8. The fraction of sp³-hybridized carbons (Fsp3) is 0.111. The highest BCUT2D eigenvalue weighted by molar-refractivity contribution is 5.86. The summed E-state index contributed by atoms with van der Waals surface area (Å²) in [5, 5.41) is 19.1. The van der Waals surface area contributed by atoms with Crippen LogP contribution in [0.2, 0.25) is 0 Å². The van der Waals surface area contributed by atoms with E-state index in [9.17, 15) is 19.7 Å². The third kappa shape index (κ3) is 2.95. The third-order valence-electron chi connectivity index (χ3n) is 4.36. The maximum absolute atomic E-state index is 12.9. The van der Waals surface area contributed by atoms with Crippen molar-refractivity contribution in [3.63, 3.8) is 0 Å². The molecule has 1 unspecified atom stereocenters. The maximum atomic E-state index is 12.9. The van der Waals surface area contributed by atoms with E-state index in [1.807, 2.05) is 30.3 Å². The molecule has 0 aliphatic carbocycles. The average molecular weight is 363 g/mol. The van der Waals surface area contributed by atoms with E-state index < -0.39 is 16.4 Å².